The molecule has 3 nitrogen and oxygen atoms in total. The number of benzene rings is 2. The summed E-state index contributed by atoms with van der Waals surface area (Å²) in [5.74, 6) is -0.232. The molecule has 0 spiro atoms. The second-order valence-corrected chi connectivity index (χ2v) is 5.98. The quantitative estimate of drug-likeness (QED) is 0.819. The van der Waals surface area contributed by atoms with Crippen LogP contribution in [-0.4, -0.2) is 13.5 Å². The largest absolute Gasteiger partial charge is 0.282 e. The first kappa shape index (κ1) is 11.8. The lowest BCUT2D eigenvalue weighted by Gasteiger charge is -2.05. The fraction of sp³-hybridized carbons (Fsp3) is 0.154. The average molecular weight is 248 g/mol. The maximum Gasteiger partial charge on any atom is 0.243 e. The number of carbonyl (C=O) groups is 1. The highest BCUT2D eigenvalue weighted by Crippen LogP contribution is 2.20. The standard InChI is InChI=1S/C13H12O3S/c1-10(14)17(15,16)9-12-7-4-6-11-5-2-3-8-13(11)12/h2-8H,9H2,1H3. The first-order valence-corrected chi connectivity index (χ1v) is 6.86. The Kier molecular flexibility index (Phi) is 2.98. The molecule has 0 saturated heterocycles. The molecule has 0 aliphatic rings. The highest BCUT2D eigenvalue weighted by atomic mass is 32.2. The molecule has 88 valence electrons. The zero-order chi connectivity index (χ0) is 12.5. The van der Waals surface area contributed by atoms with Gasteiger partial charge in [-0.05, 0) is 16.3 Å². The molecule has 0 aliphatic carbocycles. The lowest BCUT2D eigenvalue weighted by atomic mass is 10.1. The molecule has 2 aromatic rings. The molecule has 0 aromatic heterocycles. The third-order valence-electron chi connectivity index (χ3n) is 2.66. The molecule has 17 heavy (non-hydrogen) atoms. The van der Waals surface area contributed by atoms with E-state index in [1.54, 1.807) is 12.1 Å². The van der Waals surface area contributed by atoms with Crippen molar-refractivity contribution >= 4 is 25.7 Å². The predicted molar refractivity (Wildman–Crippen MR) is 67.3 cm³/mol. The number of hydrogen-bond donors (Lipinski definition) is 0. The first-order valence-electron chi connectivity index (χ1n) is 5.21. The molecule has 2 rings (SSSR count). The van der Waals surface area contributed by atoms with Crippen molar-refractivity contribution in [3.05, 3.63) is 48.0 Å². The summed E-state index contributed by atoms with van der Waals surface area (Å²) in [6.07, 6.45) is 0. The van der Waals surface area contributed by atoms with Crippen LogP contribution in [-0.2, 0) is 20.4 Å². The van der Waals surface area contributed by atoms with Crippen LogP contribution in [0, 0.1) is 0 Å². The normalized spacial score (nSPS) is 11.6. The van der Waals surface area contributed by atoms with Gasteiger partial charge in [-0.2, -0.15) is 0 Å². The van der Waals surface area contributed by atoms with Crippen LogP contribution < -0.4 is 0 Å². The summed E-state index contributed by atoms with van der Waals surface area (Å²) in [5, 5.41) is 1.06. The third kappa shape index (κ3) is 2.36. The Labute approximate surface area is 100.0 Å². The van der Waals surface area contributed by atoms with Gasteiger partial charge in [-0.25, -0.2) is 8.42 Å². The van der Waals surface area contributed by atoms with E-state index in [4.69, 9.17) is 0 Å². The Hall–Kier alpha value is -1.68. The molecule has 0 saturated carbocycles. The van der Waals surface area contributed by atoms with E-state index >= 15 is 0 Å². The second-order valence-electron chi connectivity index (χ2n) is 3.89. The van der Waals surface area contributed by atoms with Crippen LogP contribution in [0.4, 0.5) is 0 Å². The third-order valence-corrected chi connectivity index (χ3v) is 4.23. The zero-order valence-electron chi connectivity index (χ0n) is 9.38. The Bertz CT molecular complexity index is 667. The fourth-order valence-electron chi connectivity index (χ4n) is 1.72. The molecular weight excluding hydrogens is 236 g/mol. The minimum Gasteiger partial charge on any atom is -0.282 e. The Morgan fingerprint density at radius 1 is 1.06 bits per heavy atom. The summed E-state index contributed by atoms with van der Waals surface area (Å²) >= 11 is 0. The molecule has 0 radical (unpaired) electrons. The van der Waals surface area contributed by atoms with Gasteiger partial charge in [-0.3, -0.25) is 4.79 Å². The van der Waals surface area contributed by atoms with Crippen LogP contribution >= 0.6 is 0 Å². The summed E-state index contributed by atoms with van der Waals surface area (Å²) < 4.78 is 23.2. The van der Waals surface area contributed by atoms with E-state index in [-0.39, 0.29) is 5.75 Å². The maximum atomic E-state index is 11.6. The summed E-state index contributed by atoms with van der Waals surface area (Å²) in [7, 11) is -3.68. The molecule has 0 bridgehead atoms. The van der Waals surface area contributed by atoms with E-state index in [2.05, 4.69) is 0 Å². The van der Waals surface area contributed by atoms with Crippen LogP contribution in [0.25, 0.3) is 10.8 Å². The van der Waals surface area contributed by atoms with Crippen molar-refractivity contribution in [2.45, 2.75) is 12.7 Å². The van der Waals surface area contributed by atoms with Gasteiger partial charge in [0.05, 0.1) is 5.75 Å². The van der Waals surface area contributed by atoms with Crippen LogP contribution in [0.3, 0.4) is 0 Å². The van der Waals surface area contributed by atoms with E-state index < -0.39 is 15.0 Å². The monoisotopic (exact) mass is 248 g/mol. The smallest absolute Gasteiger partial charge is 0.243 e. The lowest BCUT2D eigenvalue weighted by molar-refractivity contribution is -0.109. The van der Waals surface area contributed by atoms with Gasteiger partial charge in [0.1, 0.15) is 0 Å². The Morgan fingerprint density at radius 3 is 2.41 bits per heavy atom. The fourth-order valence-corrected chi connectivity index (χ4v) is 2.59. The highest BCUT2D eigenvalue weighted by molar-refractivity contribution is 8.05. The van der Waals surface area contributed by atoms with Gasteiger partial charge < -0.3 is 0 Å². The number of rotatable bonds is 2. The van der Waals surface area contributed by atoms with Crippen LogP contribution in [0.15, 0.2) is 42.5 Å². The molecule has 0 amide bonds. The van der Waals surface area contributed by atoms with Gasteiger partial charge in [0.15, 0.2) is 0 Å². The summed E-state index contributed by atoms with van der Waals surface area (Å²) in [6.45, 7) is 1.08. The van der Waals surface area contributed by atoms with Crippen molar-refractivity contribution < 1.29 is 13.2 Å². The van der Waals surface area contributed by atoms with Crippen molar-refractivity contribution in [3.8, 4) is 0 Å². The molecule has 0 unspecified atom stereocenters. The number of carbonyl (C=O) groups excluding carboxylic acids is 1. The zero-order valence-corrected chi connectivity index (χ0v) is 10.2. The molecule has 0 heterocycles. The minimum absolute atomic E-state index is 0.232. The molecule has 4 heteroatoms. The SMILES string of the molecule is CC(=O)S(=O)(=O)Cc1cccc2ccccc12. The van der Waals surface area contributed by atoms with Gasteiger partial charge in [0, 0.05) is 6.92 Å². The molecular formula is C13H12O3S. The summed E-state index contributed by atoms with van der Waals surface area (Å²) in [5.41, 5.74) is 0.665. The number of fused-ring (bicyclic) bond motifs is 1. The summed E-state index contributed by atoms with van der Waals surface area (Å²) in [4.78, 5) is 11.0. The van der Waals surface area contributed by atoms with Crippen LogP contribution in [0.5, 0.6) is 0 Å². The number of sulfone groups is 1. The van der Waals surface area contributed by atoms with Crippen molar-refractivity contribution in [1.82, 2.24) is 0 Å². The minimum atomic E-state index is -3.68. The van der Waals surface area contributed by atoms with Crippen molar-refractivity contribution in [3.63, 3.8) is 0 Å². The van der Waals surface area contributed by atoms with Crippen molar-refractivity contribution in [1.29, 1.82) is 0 Å². The number of hydrogen-bond acceptors (Lipinski definition) is 3. The maximum absolute atomic E-state index is 11.6. The van der Waals surface area contributed by atoms with Gasteiger partial charge >= 0.3 is 0 Å². The van der Waals surface area contributed by atoms with Crippen molar-refractivity contribution in [2.75, 3.05) is 0 Å². The lowest BCUT2D eigenvalue weighted by Crippen LogP contribution is -2.13. The van der Waals surface area contributed by atoms with Gasteiger partial charge in [0.2, 0.25) is 15.0 Å². The van der Waals surface area contributed by atoms with E-state index in [1.165, 1.54) is 0 Å². The van der Waals surface area contributed by atoms with E-state index in [9.17, 15) is 13.2 Å². The second kappa shape index (κ2) is 4.30. The van der Waals surface area contributed by atoms with E-state index in [0.29, 0.717) is 5.56 Å². The molecule has 0 atom stereocenters. The predicted octanol–water partition coefficient (Wildman–Crippen LogP) is 2.30. The van der Waals surface area contributed by atoms with Crippen LogP contribution in [0.1, 0.15) is 12.5 Å². The van der Waals surface area contributed by atoms with Crippen LogP contribution in [0.2, 0.25) is 0 Å². The van der Waals surface area contributed by atoms with Gasteiger partial charge in [-0.1, -0.05) is 42.5 Å². The first-order chi connectivity index (χ1) is 8.00. The molecule has 2 aromatic carbocycles. The molecule has 0 aliphatic heterocycles. The van der Waals surface area contributed by atoms with E-state index in [1.807, 2.05) is 30.3 Å². The topological polar surface area (TPSA) is 51.2 Å². The van der Waals surface area contributed by atoms with Gasteiger partial charge in [0.25, 0.3) is 0 Å². The Morgan fingerprint density at radius 2 is 1.71 bits per heavy atom. The van der Waals surface area contributed by atoms with Gasteiger partial charge in [-0.15, -0.1) is 0 Å². The Balaban J connectivity index is 2.54. The molecule has 0 N–H and O–H groups in total. The average Bonchev–Trinajstić information content (AvgIpc) is 2.29. The molecule has 0 fully saturated rings. The highest BCUT2D eigenvalue weighted by Gasteiger charge is 2.18. The summed E-state index contributed by atoms with van der Waals surface area (Å²) in [6, 6.07) is 13.0. The van der Waals surface area contributed by atoms with Crippen molar-refractivity contribution in [2.24, 2.45) is 0 Å². The van der Waals surface area contributed by atoms with E-state index in [0.717, 1.165) is 17.7 Å².